The maximum atomic E-state index is 12.4. The maximum absolute atomic E-state index is 12.4. The molecular formula is C20H28CrO3S. The van der Waals surface area contributed by atoms with E-state index in [4.69, 9.17) is 4.18 Å². The van der Waals surface area contributed by atoms with Crippen molar-refractivity contribution in [1.82, 2.24) is 0 Å². The van der Waals surface area contributed by atoms with Crippen LogP contribution in [0.5, 0.6) is 0 Å². The zero-order valence-electron chi connectivity index (χ0n) is 14.9. The van der Waals surface area contributed by atoms with E-state index in [9.17, 15) is 8.42 Å². The van der Waals surface area contributed by atoms with Crippen molar-refractivity contribution in [3.63, 3.8) is 0 Å². The third kappa shape index (κ3) is 7.11. The summed E-state index contributed by atoms with van der Waals surface area (Å²) in [6, 6.07) is 12.8. The molecule has 0 amide bonds. The monoisotopic (exact) mass is 400 g/mol. The Kier molecular flexibility index (Phi) is 10.4. The third-order valence-corrected chi connectivity index (χ3v) is 5.63. The van der Waals surface area contributed by atoms with E-state index in [0.29, 0.717) is 0 Å². The average molecular weight is 401 g/mol. The maximum Gasteiger partial charge on any atom is 0.297 e. The smallest absolute Gasteiger partial charge is 0.266 e. The minimum absolute atomic E-state index is 0. The summed E-state index contributed by atoms with van der Waals surface area (Å²) < 4.78 is 30.1. The van der Waals surface area contributed by atoms with Gasteiger partial charge in [0.1, 0.15) is 4.90 Å². The molecule has 0 N–H and O–H groups in total. The number of rotatable bonds is 11. The zero-order valence-corrected chi connectivity index (χ0v) is 17.0. The van der Waals surface area contributed by atoms with E-state index in [1.54, 1.807) is 12.1 Å². The molecule has 2 aromatic carbocycles. The first-order valence-electron chi connectivity index (χ1n) is 9.02. The molecule has 5 heteroatoms. The number of benzene rings is 2. The Labute approximate surface area is 163 Å². The van der Waals surface area contributed by atoms with Crippen molar-refractivity contribution in [2.45, 2.75) is 63.2 Å². The summed E-state index contributed by atoms with van der Waals surface area (Å²) in [5.74, 6) is 0. The van der Waals surface area contributed by atoms with Crippen molar-refractivity contribution in [2.24, 2.45) is 0 Å². The number of unbranched alkanes of at least 4 members (excludes halogenated alkanes) is 7. The van der Waals surface area contributed by atoms with E-state index in [0.717, 1.165) is 30.0 Å². The average Bonchev–Trinajstić information content (AvgIpc) is 2.59. The molecule has 0 aliphatic rings. The number of fused-ring (bicyclic) bond motifs is 1. The summed E-state index contributed by atoms with van der Waals surface area (Å²) in [6.07, 6.45) is 9.37. The molecule has 0 aromatic heterocycles. The molecule has 2 aromatic rings. The molecule has 2 rings (SSSR count). The fraction of sp³-hybridized carbons (Fsp3) is 0.500. The van der Waals surface area contributed by atoms with Gasteiger partial charge in [-0.25, -0.2) is 0 Å². The topological polar surface area (TPSA) is 43.4 Å². The van der Waals surface area contributed by atoms with Gasteiger partial charge in [-0.15, -0.1) is 0 Å². The Morgan fingerprint density at radius 1 is 0.800 bits per heavy atom. The van der Waals surface area contributed by atoms with Crippen molar-refractivity contribution in [3.05, 3.63) is 42.5 Å². The summed E-state index contributed by atoms with van der Waals surface area (Å²) in [5.41, 5.74) is 0. The minimum atomic E-state index is -3.69. The molecule has 0 spiro atoms. The quantitative estimate of drug-likeness (QED) is 0.360. The number of hydrogen-bond acceptors (Lipinski definition) is 3. The van der Waals surface area contributed by atoms with Crippen molar-refractivity contribution in [2.75, 3.05) is 6.61 Å². The van der Waals surface area contributed by atoms with Gasteiger partial charge in [0.05, 0.1) is 6.61 Å². The molecule has 0 radical (unpaired) electrons. The molecule has 3 nitrogen and oxygen atoms in total. The van der Waals surface area contributed by atoms with Crippen LogP contribution in [-0.2, 0) is 31.7 Å². The standard InChI is InChI=1S/C20H28O3S.Cr/c1-2-3-4-5-6-7-8-11-17-23-24(21,22)20-16-12-14-18-13-9-10-15-19(18)20;/h9-10,12-16H,2-8,11,17H2,1H3;. The molecular weight excluding hydrogens is 372 g/mol. The summed E-state index contributed by atoms with van der Waals surface area (Å²) in [7, 11) is -3.69. The van der Waals surface area contributed by atoms with Gasteiger partial charge >= 0.3 is 0 Å². The van der Waals surface area contributed by atoms with Crippen LogP contribution in [0.1, 0.15) is 58.3 Å². The van der Waals surface area contributed by atoms with Crippen molar-refractivity contribution < 1.29 is 30.0 Å². The second kappa shape index (κ2) is 11.7. The van der Waals surface area contributed by atoms with Crippen LogP contribution >= 0.6 is 0 Å². The largest absolute Gasteiger partial charge is 0.297 e. The normalized spacial score (nSPS) is 11.4. The van der Waals surface area contributed by atoms with Gasteiger partial charge in [-0.1, -0.05) is 88.3 Å². The third-order valence-electron chi connectivity index (χ3n) is 4.26. The van der Waals surface area contributed by atoms with E-state index in [1.807, 2.05) is 30.3 Å². The summed E-state index contributed by atoms with van der Waals surface area (Å²) in [5, 5.41) is 1.63. The van der Waals surface area contributed by atoms with Gasteiger partial charge in [-0.05, 0) is 17.9 Å². The molecule has 0 fully saturated rings. The minimum Gasteiger partial charge on any atom is -0.266 e. The van der Waals surface area contributed by atoms with Crippen LogP contribution in [0.4, 0.5) is 0 Å². The van der Waals surface area contributed by atoms with Crippen molar-refractivity contribution in [3.8, 4) is 0 Å². The molecule has 0 bridgehead atoms. The fourth-order valence-electron chi connectivity index (χ4n) is 2.88. The molecule has 0 unspecified atom stereocenters. The van der Waals surface area contributed by atoms with Crippen LogP contribution in [0.3, 0.4) is 0 Å². The van der Waals surface area contributed by atoms with Gasteiger partial charge in [-0.3, -0.25) is 4.18 Å². The van der Waals surface area contributed by atoms with Gasteiger partial charge < -0.3 is 0 Å². The summed E-state index contributed by atoms with van der Waals surface area (Å²) in [6.45, 7) is 2.48. The van der Waals surface area contributed by atoms with Gasteiger partial charge in [-0.2, -0.15) is 8.42 Å². The first kappa shape index (κ1) is 22.2. The molecule has 0 aliphatic carbocycles. The van der Waals surface area contributed by atoms with Crippen LogP contribution in [0.2, 0.25) is 0 Å². The van der Waals surface area contributed by atoms with Crippen molar-refractivity contribution in [1.29, 1.82) is 0 Å². The van der Waals surface area contributed by atoms with E-state index >= 15 is 0 Å². The second-order valence-electron chi connectivity index (χ2n) is 6.23. The molecule has 0 atom stereocenters. The molecule has 138 valence electrons. The second-order valence-corrected chi connectivity index (χ2v) is 7.81. The van der Waals surface area contributed by atoms with Gasteiger partial charge in [0, 0.05) is 22.7 Å². The van der Waals surface area contributed by atoms with Gasteiger partial charge in [0.15, 0.2) is 0 Å². The van der Waals surface area contributed by atoms with E-state index < -0.39 is 10.1 Å². The Morgan fingerprint density at radius 2 is 1.40 bits per heavy atom. The van der Waals surface area contributed by atoms with Crippen LogP contribution in [0, 0.1) is 0 Å². The van der Waals surface area contributed by atoms with Crippen LogP contribution in [0.25, 0.3) is 10.8 Å². The van der Waals surface area contributed by atoms with Crippen LogP contribution in [-0.4, -0.2) is 15.0 Å². The summed E-state index contributed by atoms with van der Waals surface area (Å²) in [4.78, 5) is 0.264. The Morgan fingerprint density at radius 3 is 2.12 bits per heavy atom. The predicted molar refractivity (Wildman–Crippen MR) is 99.7 cm³/mol. The molecule has 25 heavy (non-hydrogen) atoms. The van der Waals surface area contributed by atoms with Crippen LogP contribution in [0.15, 0.2) is 47.4 Å². The first-order valence-corrected chi connectivity index (χ1v) is 10.4. The molecule has 0 aliphatic heterocycles. The predicted octanol–water partition coefficient (Wildman–Crippen LogP) is 5.68. The zero-order chi connectivity index (χ0) is 17.3. The molecule has 0 heterocycles. The Bertz CT molecular complexity index is 723. The molecule has 0 saturated heterocycles. The van der Waals surface area contributed by atoms with Gasteiger partial charge in [0.2, 0.25) is 0 Å². The fourth-order valence-corrected chi connectivity index (χ4v) is 4.05. The van der Waals surface area contributed by atoms with Crippen LogP contribution < -0.4 is 0 Å². The van der Waals surface area contributed by atoms with E-state index in [1.165, 1.54) is 32.1 Å². The molecule has 0 saturated carbocycles. The van der Waals surface area contributed by atoms with E-state index in [2.05, 4.69) is 6.92 Å². The summed E-state index contributed by atoms with van der Waals surface area (Å²) >= 11 is 0. The SMILES string of the molecule is CCCCCCCCCCOS(=O)(=O)c1cccc2ccccc12.[Cr]. The first-order chi connectivity index (χ1) is 11.6. The van der Waals surface area contributed by atoms with Crippen molar-refractivity contribution >= 4 is 20.9 Å². The van der Waals surface area contributed by atoms with E-state index in [-0.39, 0.29) is 28.9 Å². The Hall–Kier alpha value is -0.858. The van der Waals surface area contributed by atoms with Gasteiger partial charge in [0.25, 0.3) is 10.1 Å². The Balaban J connectivity index is 0.00000312. The number of hydrogen-bond donors (Lipinski definition) is 0.